The summed E-state index contributed by atoms with van der Waals surface area (Å²) in [6, 6.07) is 14.7. The number of hydrogen-bond acceptors (Lipinski definition) is 4. The first-order valence-corrected chi connectivity index (χ1v) is 11.3. The lowest BCUT2D eigenvalue weighted by Gasteiger charge is -2.12. The molecule has 0 aliphatic heterocycles. The quantitative estimate of drug-likeness (QED) is 0.230. The molecule has 0 bridgehead atoms. The van der Waals surface area contributed by atoms with Crippen molar-refractivity contribution in [1.82, 2.24) is 20.3 Å². The first kappa shape index (κ1) is 23.3. The van der Waals surface area contributed by atoms with E-state index >= 15 is 0 Å². The van der Waals surface area contributed by atoms with E-state index in [1.807, 2.05) is 75.5 Å². The lowest BCUT2D eigenvalue weighted by Crippen LogP contribution is -2.39. The number of hydrogen-bond donors (Lipinski definition) is 4. The molecule has 4 aromatic rings. The van der Waals surface area contributed by atoms with Gasteiger partial charge in [-0.2, -0.15) is 0 Å². The second kappa shape index (κ2) is 10.4. The Morgan fingerprint density at radius 2 is 1.74 bits per heavy atom. The Morgan fingerprint density at radius 1 is 1.00 bits per heavy atom. The molecule has 2 aromatic carbocycles. The SMILES string of the molecule is Cc1ccc(NC(=O)NC(=NCCc2c[nH]c3ccc(Cl)cc23)Nc2nc(C)cc(C)n2)cc1. The molecule has 0 saturated carbocycles. The summed E-state index contributed by atoms with van der Waals surface area (Å²) in [6.07, 6.45) is 2.61. The van der Waals surface area contributed by atoms with Crippen molar-refractivity contribution in [3.8, 4) is 0 Å². The van der Waals surface area contributed by atoms with Crippen LogP contribution in [0.15, 0.2) is 59.7 Å². The zero-order valence-corrected chi connectivity index (χ0v) is 20.0. The van der Waals surface area contributed by atoms with Gasteiger partial charge in [0.2, 0.25) is 11.9 Å². The number of halogens is 1. The van der Waals surface area contributed by atoms with Crippen molar-refractivity contribution in [2.75, 3.05) is 17.2 Å². The topological polar surface area (TPSA) is 107 Å². The van der Waals surface area contributed by atoms with Crippen molar-refractivity contribution in [3.05, 3.63) is 82.3 Å². The lowest BCUT2D eigenvalue weighted by atomic mass is 10.1. The summed E-state index contributed by atoms with van der Waals surface area (Å²) in [4.78, 5) is 29.2. The molecule has 0 fully saturated rings. The minimum Gasteiger partial charge on any atom is -0.361 e. The summed E-state index contributed by atoms with van der Waals surface area (Å²) in [7, 11) is 0. The smallest absolute Gasteiger partial charge is 0.326 e. The highest BCUT2D eigenvalue weighted by atomic mass is 35.5. The van der Waals surface area contributed by atoms with Crippen LogP contribution < -0.4 is 16.0 Å². The van der Waals surface area contributed by atoms with Gasteiger partial charge in [0, 0.05) is 45.7 Å². The van der Waals surface area contributed by atoms with Crippen LogP contribution in [-0.4, -0.2) is 33.5 Å². The summed E-state index contributed by atoms with van der Waals surface area (Å²) in [5, 5.41) is 10.4. The number of nitrogens with one attached hydrogen (secondary N) is 4. The van der Waals surface area contributed by atoms with Crippen LogP contribution >= 0.6 is 11.6 Å². The fourth-order valence-electron chi connectivity index (χ4n) is 3.55. The molecule has 0 atom stereocenters. The third-order valence-electron chi connectivity index (χ3n) is 5.13. The number of aromatic amines is 1. The van der Waals surface area contributed by atoms with Crippen LogP contribution in [0.3, 0.4) is 0 Å². The molecule has 9 heteroatoms. The fraction of sp³-hybridized carbons (Fsp3) is 0.200. The number of aryl methyl sites for hydroxylation is 3. The van der Waals surface area contributed by atoms with Crippen molar-refractivity contribution in [1.29, 1.82) is 0 Å². The number of fused-ring (bicyclic) bond motifs is 1. The Hall–Kier alpha value is -3.91. The van der Waals surface area contributed by atoms with E-state index in [2.05, 4.69) is 35.9 Å². The molecule has 2 aromatic heterocycles. The second-order valence-corrected chi connectivity index (χ2v) is 8.47. The van der Waals surface area contributed by atoms with Gasteiger partial charge in [0.1, 0.15) is 0 Å². The van der Waals surface area contributed by atoms with Crippen molar-refractivity contribution < 1.29 is 4.79 Å². The number of urea groups is 1. The standard InChI is InChI=1S/C25H26ClN7O/c1-15-4-7-20(8-5-15)31-25(34)33-23(32-24-29-16(2)12-17(3)30-24)27-11-10-18-14-28-22-9-6-19(26)13-21(18)22/h4-9,12-14,28H,10-11H2,1-3H3,(H3,27,29,30,31,32,33,34). The molecule has 4 N–H and O–H groups in total. The number of aromatic nitrogens is 3. The molecule has 34 heavy (non-hydrogen) atoms. The maximum atomic E-state index is 12.6. The van der Waals surface area contributed by atoms with E-state index in [4.69, 9.17) is 11.6 Å². The maximum Gasteiger partial charge on any atom is 0.326 e. The third kappa shape index (κ3) is 6.11. The molecule has 0 aliphatic carbocycles. The maximum absolute atomic E-state index is 12.6. The van der Waals surface area contributed by atoms with Gasteiger partial charge in [-0.3, -0.25) is 15.6 Å². The summed E-state index contributed by atoms with van der Waals surface area (Å²) in [5.41, 5.74) is 5.53. The number of aliphatic imine (C=N–C) groups is 1. The monoisotopic (exact) mass is 475 g/mol. The van der Waals surface area contributed by atoms with Gasteiger partial charge >= 0.3 is 6.03 Å². The Kier molecular flexibility index (Phi) is 7.08. The molecule has 0 spiro atoms. The van der Waals surface area contributed by atoms with Gasteiger partial charge in [-0.05, 0) is 69.2 Å². The molecule has 0 unspecified atom stereocenters. The molecule has 0 saturated heterocycles. The summed E-state index contributed by atoms with van der Waals surface area (Å²) >= 11 is 6.16. The summed E-state index contributed by atoms with van der Waals surface area (Å²) < 4.78 is 0. The number of guanidine groups is 1. The molecule has 2 heterocycles. The minimum absolute atomic E-state index is 0.257. The van der Waals surface area contributed by atoms with E-state index in [0.717, 1.165) is 33.4 Å². The van der Waals surface area contributed by atoms with Gasteiger partial charge in [0.25, 0.3) is 0 Å². The molecule has 8 nitrogen and oxygen atoms in total. The van der Waals surface area contributed by atoms with Crippen LogP contribution in [0.25, 0.3) is 10.9 Å². The molecule has 0 aliphatic rings. The van der Waals surface area contributed by atoms with E-state index < -0.39 is 6.03 Å². The predicted molar refractivity (Wildman–Crippen MR) is 138 cm³/mol. The zero-order chi connectivity index (χ0) is 24.1. The van der Waals surface area contributed by atoms with Gasteiger partial charge in [0.15, 0.2) is 0 Å². The van der Waals surface area contributed by atoms with E-state index in [0.29, 0.717) is 29.6 Å². The molecule has 174 valence electrons. The van der Waals surface area contributed by atoms with Crippen LogP contribution in [-0.2, 0) is 6.42 Å². The van der Waals surface area contributed by atoms with Crippen molar-refractivity contribution in [2.45, 2.75) is 27.2 Å². The van der Waals surface area contributed by atoms with Crippen molar-refractivity contribution in [3.63, 3.8) is 0 Å². The minimum atomic E-state index is -0.418. The van der Waals surface area contributed by atoms with E-state index in [-0.39, 0.29) is 5.96 Å². The predicted octanol–water partition coefficient (Wildman–Crippen LogP) is 5.37. The number of H-pyrrole nitrogens is 1. The van der Waals surface area contributed by atoms with Crippen LogP contribution in [0.1, 0.15) is 22.5 Å². The highest BCUT2D eigenvalue weighted by molar-refractivity contribution is 6.31. The lowest BCUT2D eigenvalue weighted by molar-refractivity contribution is 0.256. The van der Waals surface area contributed by atoms with Gasteiger partial charge < -0.3 is 10.3 Å². The Morgan fingerprint density at radius 3 is 2.47 bits per heavy atom. The van der Waals surface area contributed by atoms with Gasteiger partial charge in [0.05, 0.1) is 0 Å². The van der Waals surface area contributed by atoms with E-state index in [9.17, 15) is 4.79 Å². The first-order valence-electron chi connectivity index (χ1n) is 10.9. The summed E-state index contributed by atoms with van der Waals surface area (Å²) in [5.74, 6) is 0.623. The molecule has 4 rings (SSSR count). The Balaban J connectivity index is 1.50. The number of benzene rings is 2. The van der Waals surface area contributed by atoms with Crippen LogP contribution in [0.4, 0.5) is 16.4 Å². The van der Waals surface area contributed by atoms with Crippen molar-refractivity contribution >= 4 is 46.1 Å². The van der Waals surface area contributed by atoms with Crippen LogP contribution in [0, 0.1) is 20.8 Å². The Bertz CT molecular complexity index is 1330. The van der Waals surface area contributed by atoms with Crippen LogP contribution in [0.5, 0.6) is 0 Å². The van der Waals surface area contributed by atoms with E-state index in [1.54, 1.807) is 0 Å². The summed E-state index contributed by atoms with van der Waals surface area (Å²) in [6.45, 7) is 6.19. The third-order valence-corrected chi connectivity index (χ3v) is 5.37. The average Bonchev–Trinajstić information content (AvgIpc) is 3.16. The number of nitrogens with zero attached hydrogens (tertiary/aromatic N) is 3. The van der Waals surface area contributed by atoms with Crippen LogP contribution in [0.2, 0.25) is 5.02 Å². The van der Waals surface area contributed by atoms with E-state index in [1.165, 1.54) is 0 Å². The molecular formula is C25H26ClN7O. The second-order valence-electron chi connectivity index (χ2n) is 8.03. The number of anilines is 2. The van der Waals surface area contributed by atoms with Gasteiger partial charge in [-0.15, -0.1) is 0 Å². The number of amides is 2. The highest BCUT2D eigenvalue weighted by Crippen LogP contribution is 2.22. The number of carbonyl (C=O) groups excluding carboxylic acids is 1. The molecular weight excluding hydrogens is 450 g/mol. The normalized spacial score (nSPS) is 11.5. The number of carbonyl (C=O) groups is 1. The van der Waals surface area contributed by atoms with Gasteiger partial charge in [-0.25, -0.2) is 14.8 Å². The van der Waals surface area contributed by atoms with Crippen molar-refractivity contribution in [2.24, 2.45) is 4.99 Å². The first-order chi connectivity index (χ1) is 16.4. The average molecular weight is 476 g/mol. The highest BCUT2D eigenvalue weighted by Gasteiger charge is 2.10. The Labute approximate surface area is 202 Å². The zero-order valence-electron chi connectivity index (χ0n) is 19.2. The largest absolute Gasteiger partial charge is 0.361 e. The van der Waals surface area contributed by atoms with Gasteiger partial charge in [-0.1, -0.05) is 29.3 Å². The molecule has 0 radical (unpaired) electrons. The number of rotatable bonds is 5. The fourth-order valence-corrected chi connectivity index (χ4v) is 3.72. The molecule has 2 amide bonds.